The first kappa shape index (κ1) is 17.0. The molecule has 1 aromatic carbocycles. The molecule has 0 unspecified atom stereocenters. The molecule has 1 aromatic heterocycles. The Morgan fingerprint density at radius 2 is 1.87 bits per heavy atom. The number of pyridine rings is 1. The van der Waals surface area contributed by atoms with Gasteiger partial charge in [0.1, 0.15) is 10.8 Å². The van der Waals surface area contributed by atoms with Crippen LogP contribution in [0.4, 0.5) is 10.5 Å². The van der Waals surface area contributed by atoms with Crippen LogP contribution in [-0.4, -0.2) is 23.0 Å². The number of aromatic nitrogens is 1. The highest BCUT2D eigenvalue weighted by Gasteiger charge is 2.16. The van der Waals surface area contributed by atoms with Gasteiger partial charge in [0, 0.05) is 11.9 Å². The SMILES string of the molecule is CC(C)(C)OC(=O)Nc1ccc(-c2ccnc(Cl)c2C=O)cc1. The van der Waals surface area contributed by atoms with E-state index < -0.39 is 11.7 Å². The molecule has 0 fully saturated rings. The standard InChI is InChI=1S/C17H17ClN2O3/c1-17(2,3)23-16(22)20-12-6-4-11(5-7-12)13-8-9-19-15(18)14(13)10-21/h4-10H,1-3H3,(H,20,22). The second-order valence-corrected chi connectivity index (χ2v) is 6.24. The van der Waals surface area contributed by atoms with Gasteiger partial charge in [0.05, 0.1) is 5.56 Å². The molecule has 2 rings (SSSR count). The van der Waals surface area contributed by atoms with Crippen molar-refractivity contribution in [3.63, 3.8) is 0 Å². The van der Waals surface area contributed by atoms with Crippen LogP contribution >= 0.6 is 11.6 Å². The Morgan fingerprint density at radius 3 is 2.43 bits per heavy atom. The summed E-state index contributed by atoms with van der Waals surface area (Å²) in [5, 5.41) is 2.81. The Labute approximate surface area is 139 Å². The van der Waals surface area contributed by atoms with Crippen molar-refractivity contribution in [1.82, 2.24) is 4.98 Å². The van der Waals surface area contributed by atoms with E-state index in [1.165, 1.54) is 6.20 Å². The second-order valence-electron chi connectivity index (χ2n) is 5.89. The lowest BCUT2D eigenvalue weighted by Crippen LogP contribution is -2.27. The van der Waals surface area contributed by atoms with Crippen molar-refractivity contribution < 1.29 is 14.3 Å². The van der Waals surface area contributed by atoms with E-state index in [1.54, 1.807) is 51.1 Å². The molecule has 0 spiro atoms. The Hall–Kier alpha value is -2.40. The van der Waals surface area contributed by atoms with E-state index >= 15 is 0 Å². The Kier molecular flexibility index (Phi) is 5.01. The quantitative estimate of drug-likeness (QED) is 0.660. The van der Waals surface area contributed by atoms with Crippen LogP contribution in [0.1, 0.15) is 31.1 Å². The van der Waals surface area contributed by atoms with Crippen LogP contribution in [-0.2, 0) is 4.74 Å². The molecule has 120 valence electrons. The van der Waals surface area contributed by atoms with Gasteiger partial charge in [-0.15, -0.1) is 0 Å². The number of hydrogen-bond donors (Lipinski definition) is 1. The first-order valence-electron chi connectivity index (χ1n) is 7.00. The minimum atomic E-state index is -0.559. The molecule has 1 heterocycles. The molecule has 0 bridgehead atoms. The number of carbonyl (C=O) groups is 2. The average Bonchev–Trinajstić information content (AvgIpc) is 2.45. The van der Waals surface area contributed by atoms with Crippen LogP contribution in [0.3, 0.4) is 0 Å². The summed E-state index contributed by atoms with van der Waals surface area (Å²) in [6.45, 7) is 5.39. The van der Waals surface area contributed by atoms with Gasteiger partial charge in [-0.2, -0.15) is 0 Å². The number of nitrogens with zero attached hydrogens (tertiary/aromatic N) is 1. The molecule has 1 amide bonds. The smallest absolute Gasteiger partial charge is 0.412 e. The summed E-state index contributed by atoms with van der Waals surface area (Å²) in [6, 6.07) is 8.73. The Bertz CT molecular complexity index is 722. The van der Waals surface area contributed by atoms with E-state index in [-0.39, 0.29) is 5.15 Å². The zero-order valence-corrected chi connectivity index (χ0v) is 13.8. The number of ether oxygens (including phenoxy) is 1. The highest BCUT2D eigenvalue weighted by molar-refractivity contribution is 6.32. The number of rotatable bonds is 3. The van der Waals surface area contributed by atoms with Crippen molar-refractivity contribution in [3.05, 3.63) is 47.2 Å². The first-order valence-corrected chi connectivity index (χ1v) is 7.38. The molecule has 0 atom stereocenters. The van der Waals surface area contributed by atoms with Gasteiger partial charge < -0.3 is 4.74 Å². The van der Waals surface area contributed by atoms with Crippen LogP contribution in [0.15, 0.2) is 36.5 Å². The Morgan fingerprint density at radius 1 is 1.22 bits per heavy atom. The molecule has 0 aliphatic rings. The summed E-state index contributed by atoms with van der Waals surface area (Å²) in [5.74, 6) is 0. The van der Waals surface area contributed by atoms with Gasteiger partial charge >= 0.3 is 6.09 Å². The van der Waals surface area contributed by atoms with Crippen molar-refractivity contribution in [2.24, 2.45) is 0 Å². The fraction of sp³-hybridized carbons (Fsp3) is 0.235. The topological polar surface area (TPSA) is 68.3 Å². The molecule has 23 heavy (non-hydrogen) atoms. The molecule has 0 aliphatic carbocycles. The molecule has 0 saturated carbocycles. The minimum Gasteiger partial charge on any atom is -0.444 e. The van der Waals surface area contributed by atoms with E-state index in [9.17, 15) is 9.59 Å². The highest BCUT2D eigenvalue weighted by Crippen LogP contribution is 2.27. The van der Waals surface area contributed by atoms with E-state index in [0.29, 0.717) is 23.1 Å². The van der Waals surface area contributed by atoms with Crippen LogP contribution < -0.4 is 5.32 Å². The number of nitrogens with one attached hydrogen (secondary N) is 1. The van der Waals surface area contributed by atoms with E-state index in [1.807, 2.05) is 0 Å². The molecule has 1 N–H and O–H groups in total. The number of hydrogen-bond acceptors (Lipinski definition) is 4. The molecule has 5 nitrogen and oxygen atoms in total. The zero-order chi connectivity index (χ0) is 17.0. The van der Waals surface area contributed by atoms with Crippen LogP contribution in [0.2, 0.25) is 5.15 Å². The van der Waals surface area contributed by atoms with Gasteiger partial charge in [-0.05, 0) is 50.1 Å². The van der Waals surface area contributed by atoms with Crippen LogP contribution in [0, 0.1) is 0 Å². The predicted molar refractivity (Wildman–Crippen MR) is 89.9 cm³/mol. The molecule has 0 radical (unpaired) electrons. The summed E-state index contributed by atoms with van der Waals surface area (Å²) >= 11 is 5.93. The summed E-state index contributed by atoms with van der Waals surface area (Å²) in [6.07, 6.45) is 1.69. The van der Waals surface area contributed by atoms with Crippen LogP contribution in [0.25, 0.3) is 11.1 Å². The number of carbonyl (C=O) groups excluding carboxylic acids is 2. The third kappa shape index (κ3) is 4.53. The van der Waals surface area contributed by atoms with Crippen molar-refractivity contribution in [2.75, 3.05) is 5.32 Å². The molecular weight excluding hydrogens is 316 g/mol. The zero-order valence-electron chi connectivity index (χ0n) is 13.1. The molecule has 2 aromatic rings. The minimum absolute atomic E-state index is 0.161. The fourth-order valence-corrected chi connectivity index (χ4v) is 2.17. The maximum Gasteiger partial charge on any atom is 0.412 e. The Balaban J connectivity index is 2.19. The number of benzene rings is 1. The normalized spacial score (nSPS) is 11.0. The largest absolute Gasteiger partial charge is 0.444 e. The van der Waals surface area contributed by atoms with Gasteiger partial charge in [0.15, 0.2) is 6.29 Å². The van der Waals surface area contributed by atoms with Crippen molar-refractivity contribution in [2.45, 2.75) is 26.4 Å². The number of halogens is 1. The predicted octanol–water partition coefficient (Wildman–Crippen LogP) is 4.56. The van der Waals surface area contributed by atoms with Crippen molar-refractivity contribution in [1.29, 1.82) is 0 Å². The second kappa shape index (κ2) is 6.79. The van der Waals surface area contributed by atoms with Crippen molar-refractivity contribution in [3.8, 4) is 11.1 Å². The lowest BCUT2D eigenvalue weighted by Gasteiger charge is -2.19. The van der Waals surface area contributed by atoms with Crippen LogP contribution in [0.5, 0.6) is 0 Å². The third-order valence-corrected chi connectivity index (χ3v) is 3.20. The maximum absolute atomic E-state index is 11.7. The van der Waals surface area contributed by atoms with Gasteiger partial charge in [-0.25, -0.2) is 9.78 Å². The lowest BCUT2D eigenvalue weighted by molar-refractivity contribution is 0.0636. The number of anilines is 1. The van der Waals surface area contributed by atoms with Gasteiger partial charge in [-0.1, -0.05) is 23.7 Å². The monoisotopic (exact) mass is 332 g/mol. The van der Waals surface area contributed by atoms with E-state index in [4.69, 9.17) is 16.3 Å². The number of aldehydes is 1. The molecule has 6 heteroatoms. The van der Waals surface area contributed by atoms with E-state index in [2.05, 4.69) is 10.3 Å². The molecular formula is C17H17ClN2O3. The lowest BCUT2D eigenvalue weighted by atomic mass is 10.0. The molecule has 0 saturated heterocycles. The maximum atomic E-state index is 11.7. The number of amides is 1. The van der Waals surface area contributed by atoms with Crippen molar-refractivity contribution >= 4 is 29.7 Å². The summed E-state index contributed by atoms with van der Waals surface area (Å²) in [7, 11) is 0. The van der Waals surface area contributed by atoms with E-state index in [0.717, 1.165) is 5.56 Å². The van der Waals surface area contributed by atoms with Gasteiger partial charge in [0.25, 0.3) is 0 Å². The van der Waals surface area contributed by atoms with Gasteiger partial charge in [0.2, 0.25) is 0 Å². The highest BCUT2D eigenvalue weighted by atomic mass is 35.5. The van der Waals surface area contributed by atoms with Gasteiger partial charge in [-0.3, -0.25) is 10.1 Å². The summed E-state index contributed by atoms with van der Waals surface area (Å²) < 4.78 is 5.19. The first-order chi connectivity index (χ1) is 10.8. The molecule has 0 aliphatic heterocycles. The summed E-state index contributed by atoms with van der Waals surface area (Å²) in [4.78, 5) is 26.8. The average molecular weight is 333 g/mol. The summed E-state index contributed by atoms with van der Waals surface area (Å²) in [5.41, 5.74) is 1.85. The fourth-order valence-electron chi connectivity index (χ4n) is 1.97. The third-order valence-electron chi connectivity index (χ3n) is 2.90.